The Bertz CT molecular complexity index is 1110. The first kappa shape index (κ1) is 26.2. The van der Waals surface area contributed by atoms with E-state index in [1.807, 2.05) is 44.2 Å². The molecule has 174 valence electrons. The zero-order chi connectivity index (χ0) is 24.4. The minimum absolute atomic E-state index is 0.248. The summed E-state index contributed by atoms with van der Waals surface area (Å²) >= 11 is 0. The maximum Gasteiger partial charge on any atom is 0.251 e. The van der Waals surface area contributed by atoms with Crippen LogP contribution in [0.5, 0.6) is 0 Å². The highest BCUT2D eigenvalue weighted by Gasteiger charge is 2.23. The number of hydrogen-bond acceptors (Lipinski definition) is 3. The Labute approximate surface area is 200 Å². The smallest absolute Gasteiger partial charge is 0.251 e. The summed E-state index contributed by atoms with van der Waals surface area (Å²) in [4.78, 5) is 26.1. The van der Waals surface area contributed by atoms with Crippen LogP contribution in [0.2, 0.25) is 0 Å². The summed E-state index contributed by atoms with van der Waals surface area (Å²) in [6.45, 7) is 5.76. The Morgan fingerprint density at radius 3 is 2.21 bits per heavy atom. The summed E-state index contributed by atoms with van der Waals surface area (Å²) in [6, 6.07) is 18.3. The lowest BCUT2D eigenvalue weighted by Crippen LogP contribution is -2.45. The number of carbonyl (C=O) groups excluding carboxylic acids is 2. The normalized spacial score (nSPS) is 12.0. The summed E-state index contributed by atoms with van der Waals surface area (Å²) in [6.07, 6.45) is 0.266. The Kier molecular flexibility index (Phi) is 10.2. The van der Waals surface area contributed by atoms with Crippen LogP contribution < -0.4 is 10.6 Å². The van der Waals surface area contributed by atoms with E-state index >= 15 is 0 Å². The molecule has 5 nitrogen and oxygen atoms in total. The molecule has 0 heterocycles. The van der Waals surface area contributed by atoms with Crippen LogP contribution in [0.3, 0.4) is 0 Å². The first-order chi connectivity index (χ1) is 15.8. The van der Waals surface area contributed by atoms with Gasteiger partial charge in [0.15, 0.2) is 0 Å². The van der Waals surface area contributed by atoms with Gasteiger partial charge in [0.2, 0.25) is 5.91 Å². The Morgan fingerprint density at radius 2 is 1.64 bits per heavy atom. The van der Waals surface area contributed by atoms with Gasteiger partial charge < -0.3 is 10.6 Å². The van der Waals surface area contributed by atoms with Gasteiger partial charge in [0, 0.05) is 17.7 Å². The van der Waals surface area contributed by atoms with Crippen molar-refractivity contribution >= 4 is 38.2 Å². The van der Waals surface area contributed by atoms with Crippen LogP contribution in [0.4, 0.5) is 10.1 Å². The fourth-order valence-electron chi connectivity index (χ4n) is 3.00. The topological polar surface area (TPSA) is 75.3 Å². The van der Waals surface area contributed by atoms with Gasteiger partial charge in [-0.25, -0.2) is 8.60 Å². The van der Waals surface area contributed by atoms with E-state index in [4.69, 9.17) is 10.7 Å². The third-order valence-electron chi connectivity index (χ3n) is 4.65. The summed E-state index contributed by atoms with van der Waals surface area (Å²) in [7, 11) is 3.96. The third-order valence-corrected chi connectivity index (χ3v) is 5.81. The minimum Gasteiger partial charge on any atom is -0.340 e. The first-order valence-corrected chi connectivity index (χ1v) is 12.4. The number of halogens is 2. The number of benzene rings is 3. The molecule has 0 aliphatic rings. The van der Waals surface area contributed by atoms with Crippen LogP contribution in [0, 0.1) is 12.7 Å². The fourth-order valence-corrected chi connectivity index (χ4v) is 3.73. The van der Waals surface area contributed by atoms with E-state index in [0.717, 1.165) is 5.56 Å². The lowest BCUT2D eigenvalue weighted by Gasteiger charge is -2.20. The maximum absolute atomic E-state index is 13.2. The molecule has 3 rings (SSSR count). The van der Waals surface area contributed by atoms with Crippen LogP contribution in [-0.2, 0) is 21.2 Å². The highest BCUT2D eigenvalue weighted by molar-refractivity contribution is 8.08. The van der Waals surface area contributed by atoms with Crippen LogP contribution >= 0.6 is 10.7 Å². The van der Waals surface area contributed by atoms with Crippen molar-refractivity contribution in [1.82, 2.24) is 5.32 Å². The zero-order valence-electron chi connectivity index (χ0n) is 18.6. The van der Waals surface area contributed by atoms with E-state index in [9.17, 15) is 18.2 Å². The van der Waals surface area contributed by atoms with E-state index < -0.39 is 33.7 Å². The molecule has 0 spiro atoms. The molecule has 33 heavy (non-hydrogen) atoms. The zero-order valence-corrected chi connectivity index (χ0v) is 20.2. The predicted octanol–water partition coefficient (Wildman–Crippen LogP) is 5.40. The average molecular weight is 489 g/mol. The molecule has 0 aliphatic heterocycles. The number of nitrogens with one attached hydrogen (secondary N) is 2. The van der Waals surface area contributed by atoms with E-state index in [2.05, 4.69) is 10.6 Å². The Balaban J connectivity index is 0.00000187. The van der Waals surface area contributed by atoms with Gasteiger partial charge in [-0.3, -0.25) is 9.59 Å². The summed E-state index contributed by atoms with van der Waals surface area (Å²) in [5.41, 5.74) is 2.32. The number of hydrogen-bond donors (Lipinski definition) is 2. The van der Waals surface area contributed by atoms with E-state index in [-0.39, 0.29) is 12.0 Å². The minimum atomic E-state index is -1.65. The second-order valence-corrected chi connectivity index (χ2v) is 8.67. The SMILES string of the molecule is CC.Cc1cc(S(=O)Cl)ccc1NC(=O)C(Cc1ccccc1)NC(=O)c1ccc(F)cc1. The average Bonchev–Trinajstić information content (AvgIpc) is 2.82. The molecule has 2 atom stereocenters. The summed E-state index contributed by atoms with van der Waals surface area (Å²) < 4.78 is 24.6. The van der Waals surface area contributed by atoms with Gasteiger partial charge in [-0.2, -0.15) is 0 Å². The summed E-state index contributed by atoms with van der Waals surface area (Å²) in [5, 5.41) is 5.53. The molecule has 0 fully saturated rings. The fraction of sp³-hybridized carbons (Fsp3) is 0.200. The van der Waals surface area contributed by atoms with Crippen molar-refractivity contribution in [2.75, 3.05) is 5.32 Å². The van der Waals surface area contributed by atoms with Crippen molar-refractivity contribution in [2.45, 2.75) is 38.1 Å². The molecule has 0 aromatic heterocycles. The predicted molar refractivity (Wildman–Crippen MR) is 131 cm³/mol. The molecule has 2 N–H and O–H groups in total. The quantitative estimate of drug-likeness (QED) is 0.437. The van der Waals surface area contributed by atoms with Crippen LogP contribution in [0.1, 0.15) is 35.3 Å². The molecule has 2 amide bonds. The van der Waals surface area contributed by atoms with Crippen molar-refractivity contribution in [3.05, 3.63) is 95.3 Å². The number of carbonyl (C=O) groups is 2. The monoisotopic (exact) mass is 488 g/mol. The molecule has 3 aromatic rings. The number of anilines is 1. The Morgan fingerprint density at radius 1 is 1.00 bits per heavy atom. The first-order valence-electron chi connectivity index (χ1n) is 10.4. The molecule has 2 unspecified atom stereocenters. The Hall–Kier alpha value is -3.03. The highest BCUT2D eigenvalue weighted by Crippen LogP contribution is 2.20. The van der Waals surface area contributed by atoms with E-state index in [0.29, 0.717) is 16.1 Å². The van der Waals surface area contributed by atoms with Gasteiger partial charge in [-0.1, -0.05) is 44.2 Å². The molecule has 0 bridgehead atoms. The van der Waals surface area contributed by atoms with Crippen LogP contribution in [0.25, 0.3) is 0 Å². The van der Waals surface area contributed by atoms with Crippen molar-refractivity contribution in [1.29, 1.82) is 0 Å². The van der Waals surface area contributed by atoms with Gasteiger partial charge >= 0.3 is 0 Å². The van der Waals surface area contributed by atoms with Crippen LogP contribution in [-0.4, -0.2) is 22.1 Å². The van der Waals surface area contributed by atoms with Crippen molar-refractivity contribution < 1.29 is 18.2 Å². The molecule has 8 heteroatoms. The molecule has 0 saturated carbocycles. The molecule has 0 saturated heterocycles. The lowest BCUT2D eigenvalue weighted by molar-refractivity contribution is -0.118. The van der Waals surface area contributed by atoms with Crippen LogP contribution in [0.15, 0.2) is 77.7 Å². The third kappa shape index (κ3) is 7.80. The number of amides is 2. The van der Waals surface area contributed by atoms with E-state index in [1.54, 1.807) is 25.1 Å². The molecular formula is C25H26ClFN2O3S. The van der Waals surface area contributed by atoms with Gasteiger partial charge in [0.25, 0.3) is 5.91 Å². The second kappa shape index (κ2) is 12.9. The number of rotatable bonds is 7. The molecule has 3 aromatic carbocycles. The van der Waals surface area contributed by atoms with Crippen molar-refractivity contribution in [3.63, 3.8) is 0 Å². The summed E-state index contributed by atoms with van der Waals surface area (Å²) in [5.74, 6) is -1.35. The maximum atomic E-state index is 13.2. The van der Waals surface area contributed by atoms with Gasteiger partial charge in [0.1, 0.15) is 21.9 Å². The largest absolute Gasteiger partial charge is 0.340 e. The van der Waals surface area contributed by atoms with Crippen molar-refractivity contribution in [3.8, 4) is 0 Å². The highest BCUT2D eigenvalue weighted by atomic mass is 35.7. The number of aryl methyl sites for hydroxylation is 1. The van der Waals surface area contributed by atoms with Gasteiger partial charge in [-0.05, 0) is 71.2 Å². The molecule has 0 aliphatic carbocycles. The van der Waals surface area contributed by atoms with E-state index in [1.165, 1.54) is 24.3 Å². The van der Waals surface area contributed by atoms with Crippen molar-refractivity contribution in [2.24, 2.45) is 0 Å². The second-order valence-electron chi connectivity index (χ2n) is 6.91. The molecule has 0 radical (unpaired) electrons. The lowest BCUT2D eigenvalue weighted by atomic mass is 10.0. The van der Waals surface area contributed by atoms with Gasteiger partial charge in [-0.15, -0.1) is 0 Å². The van der Waals surface area contributed by atoms with Gasteiger partial charge in [0.05, 0.1) is 4.90 Å². The molecular weight excluding hydrogens is 463 g/mol. The standard InChI is InChI=1S/C23H20ClFN2O3S.C2H6/c1-15-13-19(31(24)30)11-12-20(15)26-23(29)21(14-16-5-3-2-4-6-16)27-22(28)17-7-9-18(25)10-8-17;1-2/h2-13,21H,14H2,1H3,(H,26,29)(H,27,28);1-2H3.